The van der Waals surface area contributed by atoms with Crippen molar-refractivity contribution in [2.45, 2.75) is 5.78 Å². The van der Waals surface area contributed by atoms with Gasteiger partial charge in [0.1, 0.15) is 0 Å². The van der Waals surface area contributed by atoms with Gasteiger partial charge in [0.05, 0.1) is 0 Å². The van der Waals surface area contributed by atoms with Crippen molar-refractivity contribution in [3.05, 3.63) is 0 Å². The summed E-state index contributed by atoms with van der Waals surface area (Å²) in [7, 11) is -4.42. The van der Waals surface area contributed by atoms with E-state index < -0.39 is 19.3 Å². The Morgan fingerprint density at radius 1 is 1.55 bits per heavy atom. The molecule has 1 rings (SSSR count). The van der Waals surface area contributed by atoms with Crippen molar-refractivity contribution in [2.75, 3.05) is 0 Å². The molecule has 1 atom stereocenters. The van der Waals surface area contributed by atoms with Crippen molar-refractivity contribution in [2.24, 2.45) is 0 Å². The fourth-order valence-corrected chi connectivity index (χ4v) is 1.62. The van der Waals surface area contributed by atoms with E-state index in [1.54, 1.807) is 0 Å². The first-order valence-electron chi connectivity index (χ1n) is 2.58. The summed E-state index contributed by atoms with van der Waals surface area (Å²) in [6.07, 6.45) is 0. The number of rotatable bonds is 1. The maximum Gasteiger partial charge on any atom is 0.357 e. The third-order valence-corrected chi connectivity index (χ3v) is 2.35. The number of hydrogen-bond donors (Lipinski definition) is 4. The number of hydrogen-bond acceptors (Lipinski definition) is 3. The highest BCUT2D eigenvalue weighted by atomic mass is 32.1. The molecule has 1 aliphatic heterocycles. The predicted octanol–water partition coefficient (Wildman–Crippen LogP) is -1.51. The molecular weight excluding hydrogens is 191 g/mol. The van der Waals surface area contributed by atoms with Crippen molar-refractivity contribution in [3.63, 3.8) is 0 Å². The Balaban J connectivity index is 2.84. The molecule has 0 saturated carbocycles. The van der Waals surface area contributed by atoms with Crippen LogP contribution in [0.3, 0.4) is 0 Å². The van der Waals surface area contributed by atoms with Crippen LogP contribution in [-0.2, 0) is 9.36 Å². The van der Waals surface area contributed by atoms with Crippen LogP contribution in [0.1, 0.15) is 0 Å². The average molecular weight is 196 g/mol. The van der Waals surface area contributed by atoms with Gasteiger partial charge in [0.2, 0.25) is 5.78 Å². The molecule has 0 aliphatic carbocycles. The molecule has 1 saturated heterocycles. The number of thiocarbonyl (C=S) groups is 1. The second kappa shape index (κ2) is 2.53. The topological polar surface area (TPSA) is 98.7 Å². The predicted molar refractivity (Wildman–Crippen MR) is 39.7 cm³/mol. The Bertz CT molecular complexity index is 260. The number of carbonyl (C=O) groups is 1. The van der Waals surface area contributed by atoms with Crippen LogP contribution in [0, 0.1) is 0 Å². The van der Waals surface area contributed by atoms with E-state index in [1.165, 1.54) is 0 Å². The molecule has 0 radical (unpaired) electrons. The first-order valence-corrected chi connectivity index (χ1v) is 4.67. The molecule has 1 heterocycles. The lowest BCUT2D eigenvalue weighted by molar-refractivity contribution is -0.118. The Hall–Kier alpha value is -0.490. The summed E-state index contributed by atoms with van der Waals surface area (Å²) in [5.41, 5.74) is 0. The van der Waals surface area contributed by atoms with Gasteiger partial charge in [-0.3, -0.25) is 9.36 Å². The van der Waals surface area contributed by atoms with Crippen molar-refractivity contribution >= 4 is 30.8 Å². The minimum Gasteiger partial charge on any atom is -0.341 e. The van der Waals surface area contributed by atoms with Gasteiger partial charge in [0.15, 0.2) is 5.11 Å². The minimum atomic E-state index is -4.42. The van der Waals surface area contributed by atoms with Gasteiger partial charge in [-0.2, -0.15) is 0 Å². The van der Waals surface area contributed by atoms with Crippen LogP contribution in [0.2, 0.25) is 0 Å². The van der Waals surface area contributed by atoms with E-state index in [9.17, 15) is 9.36 Å². The van der Waals surface area contributed by atoms with Gasteiger partial charge in [0, 0.05) is 0 Å². The fourth-order valence-electron chi connectivity index (χ4n) is 0.643. The van der Waals surface area contributed by atoms with Crippen LogP contribution in [0.5, 0.6) is 0 Å². The first-order chi connectivity index (χ1) is 4.91. The Morgan fingerprint density at radius 3 is 2.27 bits per heavy atom. The minimum absolute atomic E-state index is 0.0525. The Kier molecular flexibility index (Phi) is 1.98. The van der Waals surface area contributed by atoms with Crippen LogP contribution in [0.25, 0.3) is 0 Å². The molecule has 62 valence electrons. The third kappa shape index (κ3) is 1.75. The highest BCUT2D eigenvalue weighted by molar-refractivity contribution is 7.80. The molecule has 4 N–H and O–H groups in total. The standard InChI is InChI=1S/C3H5N2O4PS/c6-1-2(10(7,8)9)5-3(11)4-1/h2H,(H2,7,8,9)(H2,4,5,6,11). The second-order valence-corrected chi connectivity index (χ2v) is 4.06. The lowest BCUT2D eigenvalue weighted by Crippen LogP contribution is -2.28. The summed E-state index contributed by atoms with van der Waals surface area (Å²) in [6, 6.07) is 0. The molecule has 11 heavy (non-hydrogen) atoms. The average Bonchev–Trinajstić information content (AvgIpc) is 2.08. The normalized spacial score (nSPS) is 24.7. The zero-order chi connectivity index (χ0) is 8.65. The van der Waals surface area contributed by atoms with Gasteiger partial charge in [-0.05, 0) is 12.2 Å². The zero-order valence-corrected chi connectivity index (χ0v) is 6.85. The van der Waals surface area contributed by atoms with Gasteiger partial charge in [-0.25, -0.2) is 0 Å². The molecule has 0 aromatic heterocycles. The van der Waals surface area contributed by atoms with Gasteiger partial charge < -0.3 is 20.4 Å². The summed E-state index contributed by atoms with van der Waals surface area (Å²) in [5, 5.41) is 4.16. The van der Waals surface area contributed by atoms with E-state index in [-0.39, 0.29) is 5.11 Å². The highest BCUT2D eigenvalue weighted by Crippen LogP contribution is 2.40. The maximum absolute atomic E-state index is 10.7. The van der Waals surface area contributed by atoms with Crippen molar-refractivity contribution in [1.29, 1.82) is 0 Å². The van der Waals surface area contributed by atoms with Crippen LogP contribution < -0.4 is 10.6 Å². The second-order valence-electron chi connectivity index (χ2n) is 1.95. The molecule has 6 nitrogen and oxygen atoms in total. The zero-order valence-electron chi connectivity index (χ0n) is 5.14. The smallest absolute Gasteiger partial charge is 0.341 e. The number of carbonyl (C=O) groups excluding carboxylic acids is 1. The van der Waals surface area contributed by atoms with Crippen molar-refractivity contribution < 1.29 is 19.1 Å². The van der Waals surface area contributed by atoms with Gasteiger partial charge in [0.25, 0.3) is 5.91 Å². The van der Waals surface area contributed by atoms with Crippen LogP contribution >= 0.6 is 19.8 Å². The van der Waals surface area contributed by atoms with Crippen molar-refractivity contribution in [3.8, 4) is 0 Å². The molecular formula is C3H5N2O4PS. The summed E-state index contributed by atoms with van der Waals surface area (Å²) in [5.74, 6) is -2.31. The van der Waals surface area contributed by atoms with Crippen molar-refractivity contribution in [1.82, 2.24) is 10.6 Å². The van der Waals surface area contributed by atoms with E-state index in [4.69, 9.17) is 9.79 Å². The van der Waals surface area contributed by atoms with E-state index in [0.717, 1.165) is 0 Å². The van der Waals surface area contributed by atoms with Gasteiger partial charge in [-0.1, -0.05) is 0 Å². The molecule has 0 aromatic rings. The lowest BCUT2D eigenvalue weighted by atomic mass is 10.6. The van der Waals surface area contributed by atoms with E-state index >= 15 is 0 Å². The summed E-state index contributed by atoms with van der Waals surface area (Å²) in [6.45, 7) is 0. The molecule has 1 unspecified atom stereocenters. The third-order valence-electron chi connectivity index (χ3n) is 1.09. The molecule has 8 heteroatoms. The quantitative estimate of drug-likeness (QED) is 0.301. The molecule has 1 amide bonds. The number of nitrogens with one attached hydrogen (secondary N) is 2. The van der Waals surface area contributed by atoms with E-state index in [2.05, 4.69) is 22.9 Å². The molecule has 1 fully saturated rings. The summed E-state index contributed by atoms with van der Waals surface area (Å²) in [4.78, 5) is 27.7. The Morgan fingerprint density at radius 2 is 2.09 bits per heavy atom. The monoisotopic (exact) mass is 196 g/mol. The van der Waals surface area contributed by atoms with Gasteiger partial charge >= 0.3 is 7.60 Å². The first kappa shape index (κ1) is 8.61. The van der Waals surface area contributed by atoms with Crippen LogP contribution in [0.15, 0.2) is 0 Å². The Labute approximate surface area is 67.1 Å². The maximum atomic E-state index is 10.7. The van der Waals surface area contributed by atoms with Crippen LogP contribution in [-0.4, -0.2) is 26.6 Å². The molecule has 0 bridgehead atoms. The van der Waals surface area contributed by atoms with E-state index in [0.29, 0.717) is 0 Å². The fraction of sp³-hybridized carbons (Fsp3) is 0.333. The molecule has 0 spiro atoms. The SMILES string of the molecule is O=C1NC(=S)NC1P(=O)(O)O. The van der Waals surface area contributed by atoms with E-state index in [1.807, 2.05) is 0 Å². The largest absolute Gasteiger partial charge is 0.357 e. The molecule has 1 aliphatic rings. The summed E-state index contributed by atoms with van der Waals surface area (Å²) < 4.78 is 10.5. The lowest BCUT2D eigenvalue weighted by Gasteiger charge is -2.08. The number of amides is 1. The summed E-state index contributed by atoms with van der Waals surface area (Å²) >= 11 is 4.46. The van der Waals surface area contributed by atoms with Crippen LogP contribution in [0.4, 0.5) is 0 Å². The van der Waals surface area contributed by atoms with Gasteiger partial charge in [-0.15, -0.1) is 0 Å². The molecule has 0 aromatic carbocycles. The highest BCUT2D eigenvalue weighted by Gasteiger charge is 2.40.